The summed E-state index contributed by atoms with van der Waals surface area (Å²) in [5.74, 6) is -4.76. The van der Waals surface area contributed by atoms with Crippen LogP contribution in [0.2, 0.25) is 0 Å². The van der Waals surface area contributed by atoms with Gasteiger partial charge in [0.25, 0.3) is 0 Å². The molecule has 0 atom stereocenters. The summed E-state index contributed by atoms with van der Waals surface area (Å²) in [4.78, 5) is 0. The molecule has 0 unspecified atom stereocenters. The Morgan fingerprint density at radius 3 is 2.17 bits per heavy atom. The summed E-state index contributed by atoms with van der Waals surface area (Å²) in [7, 11) is 0. The summed E-state index contributed by atoms with van der Waals surface area (Å²) in [5, 5.41) is 0. The van der Waals surface area contributed by atoms with Crippen LogP contribution in [0.4, 0.5) is 22.0 Å². The number of hydrogen-bond donors (Lipinski definition) is 0. The van der Waals surface area contributed by atoms with Crippen molar-refractivity contribution in [3.63, 3.8) is 0 Å². The van der Waals surface area contributed by atoms with Crippen LogP contribution >= 0.6 is 0 Å². The molecule has 35 heavy (non-hydrogen) atoms. The smallest absolute Gasteiger partial charge is 0.201 e. The molecule has 0 radical (unpaired) electrons. The van der Waals surface area contributed by atoms with Gasteiger partial charge in [-0.2, -0.15) is 4.39 Å². The highest BCUT2D eigenvalue weighted by atomic mass is 19.2. The quantitative estimate of drug-likeness (QED) is 0.313. The highest BCUT2D eigenvalue weighted by molar-refractivity contribution is 5.66. The lowest BCUT2D eigenvalue weighted by molar-refractivity contribution is 0.0118. The van der Waals surface area contributed by atoms with E-state index in [-0.39, 0.29) is 53.2 Å². The SMILES string of the molecule is CCOc1ccc(-c2ccc(C3CCC(OCc4ccc(C)c(F)c4F)CC3)cc2F)c(F)c1F. The van der Waals surface area contributed by atoms with Crippen LogP contribution in [-0.4, -0.2) is 12.7 Å². The van der Waals surface area contributed by atoms with E-state index >= 15 is 0 Å². The van der Waals surface area contributed by atoms with Gasteiger partial charge in [-0.25, -0.2) is 17.6 Å². The van der Waals surface area contributed by atoms with Gasteiger partial charge >= 0.3 is 0 Å². The summed E-state index contributed by atoms with van der Waals surface area (Å²) in [5.41, 5.74) is 1.04. The number of hydrogen-bond acceptors (Lipinski definition) is 2. The normalized spacial score (nSPS) is 18.0. The van der Waals surface area contributed by atoms with Crippen molar-refractivity contribution in [2.75, 3.05) is 6.61 Å². The molecule has 1 aliphatic rings. The van der Waals surface area contributed by atoms with Crippen LogP contribution in [-0.2, 0) is 11.3 Å². The molecular weight excluding hydrogens is 463 g/mol. The monoisotopic (exact) mass is 490 g/mol. The molecule has 1 fully saturated rings. The van der Waals surface area contributed by atoms with E-state index in [0.29, 0.717) is 12.8 Å². The van der Waals surface area contributed by atoms with Crippen LogP contribution in [0.5, 0.6) is 5.75 Å². The van der Waals surface area contributed by atoms with E-state index in [0.717, 1.165) is 18.4 Å². The third-order valence-electron chi connectivity index (χ3n) is 6.61. The van der Waals surface area contributed by atoms with Crippen LogP contribution in [0.15, 0.2) is 42.5 Å². The average molecular weight is 491 g/mol. The van der Waals surface area contributed by atoms with Gasteiger partial charge in [0.15, 0.2) is 23.2 Å². The van der Waals surface area contributed by atoms with E-state index in [4.69, 9.17) is 9.47 Å². The Labute approximate surface area is 201 Å². The molecule has 0 N–H and O–H groups in total. The minimum absolute atomic E-state index is 0.00803. The molecule has 7 heteroatoms. The van der Waals surface area contributed by atoms with Crippen molar-refractivity contribution < 1.29 is 31.4 Å². The standard InChI is InChI=1S/C28H27F5O2/c1-3-34-24-13-12-22(27(32)28(24)33)21-11-8-18(14-23(21)29)17-6-9-20(10-7-17)35-15-19-5-4-16(2)25(30)26(19)31/h4-5,8,11-14,17,20H,3,6-7,9-10,15H2,1-2H3. The molecule has 4 rings (SSSR count). The Hall–Kier alpha value is -2.93. The predicted octanol–water partition coefficient (Wildman–Crippen LogP) is 8.00. The van der Waals surface area contributed by atoms with E-state index in [1.54, 1.807) is 13.0 Å². The second-order valence-corrected chi connectivity index (χ2v) is 8.87. The maximum Gasteiger partial charge on any atom is 0.201 e. The minimum atomic E-state index is -1.15. The Balaban J connectivity index is 1.39. The highest BCUT2D eigenvalue weighted by Crippen LogP contribution is 2.37. The summed E-state index contributed by atoms with van der Waals surface area (Å²) >= 11 is 0. The molecule has 2 nitrogen and oxygen atoms in total. The van der Waals surface area contributed by atoms with E-state index in [1.165, 1.54) is 43.3 Å². The van der Waals surface area contributed by atoms with Gasteiger partial charge in [0.05, 0.1) is 19.3 Å². The first-order valence-electron chi connectivity index (χ1n) is 11.8. The van der Waals surface area contributed by atoms with Gasteiger partial charge in [-0.1, -0.05) is 24.3 Å². The lowest BCUT2D eigenvalue weighted by atomic mass is 9.82. The fourth-order valence-corrected chi connectivity index (χ4v) is 4.58. The van der Waals surface area contributed by atoms with Crippen molar-refractivity contribution in [3.8, 4) is 16.9 Å². The Morgan fingerprint density at radius 1 is 0.771 bits per heavy atom. The molecular formula is C28H27F5O2. The first kappa shape index (κ1) is 25.2. The van der Waals surface area contributed by atoms with E-state index in [1.807, 2.05) is 0 Å². The van der Waals surface area contributed by atoms with Crippen LogP contribution in [0.25, 0.3) is 11.1 Å². The summed E-state index contributed by atoms with van der Waals surface area (Å²) < 4.78 is 82.4. The lowest BCUT2D eigenvalue weighted by Crippen LogP contribution is -2.21. The average Bonchev–Trinajstić information content (AvgIpc) is 2.86. The Morgan fingerprint density at radius 2 is 1.49 bits per heavy atom. The number of aryl methyl sites for hydroxylation is 1. The third kappa shape index (κ3) is 5.35. The van der Waals surface area contributed by atoms with Gasteiger partial charge < -0.3 is 9.47 Å². The summed E-state index contributed by atoms with van der Waals surface area (Å²) in [6, 6.07) is 10.3. The molecule has 1 saturated carbocycles. The second kappa shape index (κ2) is 10.8. The molecule has 0 saturated heterocycles. The number of rotatable bonds is 7. The third-order valence-corrected chi connectivity index (χ3v) is 6.61. The maximum atomic E-state index is 14.9. The molecule has 186 valence electrons. The van der Waals surface area contributed by atoms with Gasteiger partial charge in [-0.15, -0.1) is 0 Å². The molecule has 3 aromatic carbocycles. The van der Waals surface area contributed by atoms with Crippen molar-refractivity contribution in [2.24, 2.45) is 0 Å². The van der Waals surface area contributed by atoms with E-state index < -0.39 is 29.1 Å². The fourth-order valence-electron chi connectivity index (χ4n) is 4.58. The van der Waals surface area contributed by atoms with Crippen molar-refractivity contribution in [2.45, 2.75) is 58.2 Å². The van der Waals surface area contributed by atoms with Crippen LogP contribution < -0.4 is 4.74 Å². The van der Waals surface area contributed by atoms with Crippen molar-refractivity contribution in [1.29, 1.82) is 0 Å². The van der Waals surface area contributed by atoms with Crippen LogP contribution in [0, 0.1) is 36.0 Å². The van der Waals surface area contributed by atoms with Gasteiger partial charge in [-0.05, 0) is 74.8 Å². The Bertz CT molecular complexity index is 1200. The molecule has 1 aliphatic carbocycles. The molecule has 0 heterocycles. The largest absolute Gasteiger partial charge is 0.491 e. The summed E-state index contributed by atoms with van der Waals surface area (Å²) in [6.07, 6.45) is 2.77. The zero-order chi connectivity index (χ0) is 25.1. The van der Waals surface area contributed by atoms with Gasteiger partial charge in [0, 0.05) is 16.7 Å². The highest BCUT2D eigenvalue weighted by Gasteiger charge is 2.25. The zero-order valence-electron chi connectivity index (χ0n) is 19.6. The Kier molecular flexibility index (Phi) is 7.75. The fraction of sp³-hybridized carbons (Fsp3) is 0.357. The van der Waals surface area contributed by atoms with Gasteiger partial charge in [0.2, 0.25) is 5.82 Å². The number of ether oxygens (including phenoxy) is 2. The minimum Gasteiger partial charge on any atom is -0.491 e. The van der Waals surface area contributed by atoms with E-state index in [9.17, 15) is 22.0 Å². The van der Waals surface area contributed by atoms with Crippen molar-refractivity contribution in [3.05, 3.63) is 88.2 Å². The topological polar surface area (TPSA) is 18.5 Å². The van der Waals surface area contributed by atoms with Gasteiger partial charge in [-0.3, -0.25) is 0 Å². The van der Waals surface area contributed by atoms with Crippen molar-refractivity contribution >= 4 is 0 Å². The molecule has 0 amide bonds. The molecule has 0 bridgehead atoms. The summed E-state index contributed by atoms with van der Waals surface area (Å²) in [6.45, 7) is 3.35. The van der Waals surface area contributed by atoms with Crippen molar-refractivity contribution in [1.82, 2.24) is 0 Å². The molecule has 0 aliphatic heterocycles. The van der Waals surface area contributed by atoms with Crippen LogP contribution in [0.3, 0.4) is 0 Å². The van der Waals surface area contributed by atoms with E-state index in [2.05, 4.69) is 0 Å². The van der Waals surface area contributed by atoms with Gasteiger partial charge in [0.1, 0.15) is 5.82 Å². The molecule has 3 aromatic rings. The van der Waals surface area contributed by atoms with Crippen LogP contribution in [0.1, 0.15) is 55.2 Å². The lowest BCUT2D eigenvalue weighted by Gasteiger charge is -2.29. The number of halogens is 5. The maximum absolute atomic E-state index is 14.9. The number of benzene rings is 3. The second-order valence-electron chi connectivity index (χ2n) is 8.87. The zero-order valence-corrected chi connectivity index (χ0v) is 19.6. The first-order valence-corrected chi connectivity index (χ1v) is 11.8. The molecule has 0 aromatic heterocycles. The first-order chi connectivity index (χ1) is 16.8. The predicted molar refractivity (Wildman–Crippen MR) is 124 cm³/mol. The molecule has 0 spiro atoms.